The summed E-state index contributed by atoms with van der Waals surface area (Å²) in [4.78, 5) is 4.13. The van der Waals surface area contributed by atoms with Crippen LogP contribution in [0, 0.1) is 0 Å². The van der Waals surface area contributed by atoms with Gasteiger partial charge in [-0.1, -0.05) is 51.3 Å². The van der Waals surface area contributed by atoms with Gasteiger partial charge in [-0.05, 0) is 53.9 Å². The molecule has 0 fully saturated rings. The van der Waals surface area contributed by atoms with Crippen molar-refractivity contribution < 1.29 is 9.47 Å². The normalized spacial score (nSPS) is 10.8. The predicted octanol–water partition coefficient (Wildman–Crippen LogP) is 6.42. The standard InChI is InChI=1S/C22H21BrCl2N2O2/c1-2-28-21-9-17(13-27-12-16-4-3-7-26-11-16)18(23)10-22(21)29-14-15-5-6-19(24)20(25)8-15/h3-11,27H,2,12-14H2,1H3. The predicted molar refractivity (Wildman–Crippen MR) is 121 cm³/mol. The fourth-order valence-electron chi connectivity index (χ4n) is 2.73. The molecule has 1 aromatic heterocycles. The van der Waals surface area contributed by atoms with Crippen molar-refractivity contribution >= 4 is 39.1 Å². The molecular formula is C22H21BrCl2N2O2. The molecule has 0 aliphatic carbocycles. The molecule has 29 heavy (non-hydrogen) atoms. The van der Waals surface area contributed by atoms with E-state index in [4.69, 9.17) is 32.7 Å². The Morgan fingerprint density at radius 1 is 0.966 bits per heavy atom. The summed E-state index contributed by atoms with van der Waals surface area (Å²) < 4.78 is 12.7. The zero-order valence-corrected chi connectivity index (χ0v) is 19.0. The molecule has 0 saturated heterocycles. The van der Waals surface area contributed by atoms with E-state index in [0.29, 0.717) is 41.3 Å². The number of nitrogens with zero attached hydrogens (tertiary/aromatic N) is 1. The Labute approximate surface area is 189 Å². The maximum Gasteiger partial charge on any atom is 0.162 e. The summed E-state index contributed by atoms with van der Waals surface area (Å²) >= 11 is 15.7. The summed E-state index contributed by atoms with van der Waals surface area (Å²) in [6.45, 7) is 4.28. The van der Waals surface area contributed by atoms with E-state index in [1.807, 2.05) is 43.5 Å². The maximum absolute atomic E-state index is 6.08. The summed E-state index contributed by atoms with van der Waals surface area (Å²) in [7, 11) is 0. The second-order valence-corrected chi connectivity index (χ2v) is 7.99. The summed E-state index contributed by atoms with van der Waals surface area (Å²) in [6.07, 6.45) is 3.62. The first-order valence-corrected chi connectivity index (χ1v) is 10.7. The summed E-state index contributed by atoms with van der Waals surface area (Å²) in [5.74, 6) is 1.37. The van der Waals surface area contributed by atoms with Gasteiger partial charge < -0.3 is 14.8 Å². The Bertz CT molecular complexity index is 955. The molecule has 4 nitrogen and oxygen atoms in total. The number of ether oxygens (including phenoxy) is 2. The van der Waals surface area contributed by atoms with Gasteiger partial charge in [0, 0.05) is 30.0 Å². The first kappa shape index (κ1) is 21.9. The Kier molecular flexibility index (Phi) is 8.19. The molecule has 0 aliphatic heterocycles. The van der Waals surface area contributed by atoms with Gasteiger partial charge >= 0.3 is 0 Å². The molecule has 0 atom stereocenters. The number of benzene rings is 2. The fraction of sp³-hybridized carbons (Fsp3) is 0.227. The van der Waals surface area contributed by atoms with Crippen LogP contribution in [0.25, 0.3) is 0 Å². The lowest BCUT2D eigenvalue weighted by molar-refractivity contribution is 0.269. The fourth-order valence-corrected chi connectivity index (χ4v) is 3.51. The first-order valence-electron chi connectivity index (χ1n) is 9.18. The van der Waals surface area contributed by atoms with Gasteiger partial charge in [-0.3, -0.25) is 4.98 Å². The van der Waals surface area contributed by atoms with Crippen LogP contribution in [0.15, 0.2) is 59.3 Å². The zero-order chi connectivity index (χ0) is 20.6. The van der Waals surface area contributed by atoms with Crippen molar-refractivity contribution in [2.24, 2.45) is 0 Å². The molecule has 2 aromatic carbocycles. The Balaban J connectivity index is 1.68. The van der Waals surface area contributed by atoms with Gasteiger partial charge in [0.25, 0.3) is 0 Å². The third-order valence-corrected chi connectivity index (χ3v) is 5.64. The first-order chi connectivity index (χ1) is 14.1. The van der Waals surface area contributed by atoms with Gasteiger partial charge in [-0.15, -0.1) is 0 Å². The second-order valence-electron chi connectivity index (χ2n) is 6.33. The minimum atomic E-state index is 0.363. The van der Waals surface area contributed by atoms with Crippen molar-refractivity contribution in [1.29, 1.82) is 0 Å². The van der Waals surface area contributed by atoms with Crippen LogP contribution < -0.4 is 14.8 Å². The van der Waals surface area contributed by atoms with Crippen molar-refractivity contribution in [2.75, 3.05) is 6.61 Å². The molecule has 152 valence electrons. The van der Waals surface area contributed by atoms with E-state index in [9.17, 15) is 0 Å². The van der Waals surface area contributed by atoms with Crippen molar-refractivity contribution in [1.82, 2.24) is 10.3 Å². The van der Waals surface area contributed by atoms with E-state index < -0.39 is 0 Å². The Morgan fingerprint density at radius 3 is 2.52 bits per heavy atom. The van der Waals surface area contributed by atoms with Crippen LogP contribution >= 0.6 is 39.1 Å². The SMILES string of the molecule is CCOc1cc(CNCc2cccnc2)c(Br)cc1OCc1ccc(Cl)c(Cl)c1. The summed E-state index contributed by atoms with van der Waals surface area (Å²) in [5.41, 5.74) is 3.15. The third kappa shape index (κ3) is 6.34. The van der Waals surface area contributed by atoms with Crippen LogP contribution in [0.3, 0.4) is 0 Å². The van der Waals surface area contributed by atoms with Gasteiger partial charge in [0.2, 0.25) is 0 Å². The highest BCUT2D eigenvalue weighted by Gasteiger charge is 2.12. The van der Waals surface area contributed by atoms with Gasteiger partial charge in [-0.25, -0.2) is 0 Å². The summed E-state index contributed by atoms with van der Waals surface area (Å²) in [5, 5.41) is 4.46. The number of pyridine rings is 1. The summed E-state index contributed by atoms with van der Waals surface area (Å²) in [6, 6.07) is 13.4. The van der Waals surface area contributed by atoms with Gasteiger partial charge in [-0.2, -0.15) is 0 Å². The molecule has 1 heterocycles. The van der Waals surface area contributed by atoms with Crippen LogP contribution in [0.2, 0.25) is 10.0 Å². The smallest absolute Gasteiger partial charge is 0.162 e. The second kappa shape index (κ2) is 10.8. The molecule has 7 heteroatoms. The number of hydrogen-bond acceptors (Lipinski definition) is 4. The number of aromatic nitrogens is 1. The van der Waals surface area contributed by atoms with E-state index in [0.717, 1.165) is 27.7 Å². The number of hydrogen-bond donors (Lipinski definition) is 1. The molecule has 0 amide bonds. The average molecular weight is 496 g/mol. The van der Waals surface area contributed by atoms with E-state index >= 15 is 0 Å². The lowest BCUT2D eigenvalue weighted by Crippen LogP contribution is -2.13. The lowest BCUT2D eigenvalue weighted by Gasteiger charge is -2.16. The maximum atomic E-state index is 6.08. The number of halogens is 3. The Hall–Kier alpha value is -1.79. The highest BCUT2D eigenvalue weighted by Crippen LogP contribution is 2.35. The monoisotopic (exact) mass is 494 g/mol. The molecule has 3 rings (SSSR count). The molecule has 0 bridgehead atoms. The van der Waals surface area contributed by atoms with E-state index in [2.05, 4.69) is 26.2 Å². The molecule has 0 saturated carbocycles. The molecule has 0 aliphatic rings. The van der Waals surface area contributed by atoms with E-state index in [1.54, 1.807) is 18.3 Å². The van der Waals surface area contributed by atoms with E-state index in [1.165, 1.54) is 0 Å². The van der Waals surface area contributed by atoms with Crippen LogP contribution in [0.4, 0.5) is 0 Å². The minimum Gasteiger partial charge on any atom is -0.490 e. The molecule has 0 spiro atoms. The van der Waals surface area contributed by atoms with Crippen LogP contribution in [-0.2, 0) is 19.7 Å². The highest BCUT2D eigenvalue weighted by molar-refractivity contribution is 9.10. The number of rotatable bonds is 9. The molecular weight excluding hydrogens is 475 g/mol. The van der Waals surface area contributed by atoms with Crippen molar-refractivity contribution in [3.63, 3.8) is 0 Å². The topological polar surface area (TPSA) is 43.4 Å². The van der Waals surface area contributed by atoms with Crippen molar-refractivity contribution in [3.05, 3.63) is 86.1 Å². The molecule has 1 N–H and O–H groups in total. The van der Waals surface area contributed by atoms with Crippen molar-refractivity contribution in [3.8, 4) is 11.5 Å². The largest absolute Gasteiger partial charge is 0.490 e. The quantitative estimate of drug-likeness (QED) is 0.372. The van der Waals surface area contributed by atoms with Gasteiger partial charge in [0.15, 0.2) is 11.5 Å². The molecule has 3 aromatic rings. The van der Waals surface area contributed by atoms with Gasteiger partial charge in [0.1, 0.15) is 6.61 Å². The minimum absolute atomic E-state index is 0.363. The Morgan fingerprint density at radius 2 is 1.79 bits per heavy atom. The molecule has 0 unspecified atom stereocenters. The molecule has 0 radical (unpaired) electrons. The van der Waals surface area contributed by atoms with Crippen molar-refractivity contribution in [2.45, 2.75) is 26.6 Å². The lowest BCUT2D eigenvalue weighted by atomic mass is 10.2. The third-order valence-electron chi connectivity index (χ3n) is 4.16. The number of nitrogens with one attached hydrogen (secondary N) is 1. The zero-order valence-electron chi connectivity index (χ0n) is 15.9. The highest BCUT2D eigenvalue weighted by atomic mass is 79.9. The van der Waals surface area contributed by atoms with Gasteiger partial charge in [0.05, 0.1) is 16.7 Å². The average Bonchev–Trinajstić information content (AvgIpc) is 2.72. The van der Waals surface area contributed by atoms with Crippen LogP contribution in [-0.4, -0.2) is 11.6 Å². The van der Waals surface area contributed by atoms with Crippen LogP contribution in [0.5, 0.6) is 11.5 Å². The van der Waals surface area contributed by atoms with E-state index in [-0.39, 0.29) is 0 Å². The van der Waals surface area contributed by atoms with Crippen LogP contribution in [0.1, 0.15) is 23.6 Å².